The summed E-state index contributed by atoms with van der Waals surface area (Å²) in [6.07, 6.45) is 2.62. The van der Waals surface area contributed by atoms with Crippen LogP contribution in [0, 0.1) is 0 Å². The van der Waals surface area contributed by atoms with Gasteiger partial charge in [0.15, 0.2) is 6.29 Å². The molecular formula is C25H20O. The van der Waals surface area contributed by atoms with E-state index >= 15 is 0 Å². The summed E-state index contributed by atoms with van der Waals surface area (Å²) in [5, 5.41) is 2.16. The van der Waals surface area contributed by atoms with Crippen LogP contribution in [-0.2, 0) is 12.8 Å². The molecule has 0 radical (unpaired) electrons. The minimum absolute atomic E-state index is 0.766. The van der Waals surface area contributed by atoms with Gasteiger partial charge in [0, 0.05) is 5.56 Å². The number of carbonyl (C=O) groups excluding carboxylic acids is 1. The molecule has 1 heteroatoms. The summed E-state index contributed by atoms with van der Waals surface area (Å²) in [6, 6.07) is 31.2. The number of fused-ring (bicyclic) bond motifs is 1. The lowest BCUT2D eigenvalue weighted by Crippen LogP contribution is -2.03. The average molecular weight is 336 g/mol. The summed E-state index contributed by atoms with van der Waals surface area (Å²) < 4.78 is 0. The molecule has 0 amide bonds. The van der Waals surface area contributed by atoms with Gasteiger partial charge in [-0.25, -0.2) is 0 Å². The maximum atomic E-state index is 12.0. The molecule has 4 aromatic rings. The van der Waals surface area contributed by atoms with Gasteiger partial charge in [-0.15, -0.1) is 0 Å². The fourth-order valence-electron chi connectivity index (χ4n) is 3.60. The molecule has 4 rings (SSSR count). The first-order chi connectivity index (χ1) is 12.8. The minimum Gasteiger partial charge on any atom is -0.298 e. The molecule has 0 aliphatic rings. The van der Waals surface area contributed by atoms with E-state index in [0.29, 0.717) is 0 Å². The van der Waals surface area contributed by atoms with E-state index in [1.54, 1.807) is 0 Å². The van der Waals surface area contributed by atoms with Gasteiger partial charge in [-0.1, -0.05) is 91.0 Å². The maximum Gasteiger partial charge on any atom is 0.150 e. The van der Waals surface area contributed by atoms with Gasteiger partial charge in [-0.05, 0) is 45.9 Å². The average Bonchev–Trinajstić information content (AvgIpc) is 2.70. The molecule has 1 nitrogen and oxygen atoms in total. The van der Waals surface area contributed by atoms with E-state index in [-0.39, 0.29) is 0 Å². The van der Waals surface area contributed by atoms with Crippen molar-refractivity contribution in [3.8, 4) is 0 Å². The first-order valence-corrected chi connectivity index (χ1v) is 8.91. The fraction of sp³-hybridized carbons (Fsp3) is 0.0800. The molecule has 0 aromatic heterocycles. The summed E-state index contributed by atoms with van der Waals surface area (Å²) in [6.45, 7) is 0. The number of benzene rings is 4. The molecule has 126 valence electrons. The Morgan fingerprint density at radius 3 is 1.88 bits per heavy atom. The van der Waals surface area contributed by atoms with Crippen LogP contribution in [0.2, 0.25) is 0 Å². The Bertz CT molecular complexity index is 1030. The summed E-state index contributed by atoms with van der Waals surface area (Å²) in [7, 11) is 0. The van der Waals surface area contributed by atoms with Crippen LogP contribution in [0.25, 0.3) is 10.8 Å². The highest BCUT2D eigenvalue weighted by Gasteiger charge is 2.14. The number of hydrogen-bond acceptors (Lipinski definition) is 1. The van der Waals surface area contributed by atoms with Gasteiger partial charge in [0.2, 0.25) is 0 Å². The minimum atomic E-state index is 0.766. The van der Waals surface area contributed by atoms with Crippen molar-refractivity contribution in [2.75, 3.05) is 0 Å². The fourth-order valence-corrected chi connectivity index (χ4v) is 3.60. The molecule has 0 spiro atoms. The molecule has 26 heavy (non-hydrogen) atoms. The molecule has 0 N–H and O–H groups in total. The monoisotopic (exact) mass is 336 g/mol. The smallest absolute Gasteiger partial charge is 0.150 e. The summed E-state index contributed by atoms with van der Waals surface area (Å²) in [4.78, 5) is 12.0. The van der Waals surface area contributed by atoms with Crippen molar-refractivity contribution in [3.05, 3.63) is 119 Å². The Labute approximate surface area is 153 Å². The van der Waals surface area contributed by atoms with E-state index in [0.717, 1.165) is 41.0 Å². The Kier molecular flexibility index (Phi) is 4.61. The van der Waals surface area contributed by atoms with Gasteiger partial charge in [-0.3, -0.25) is 4.79 Å². The van der Waals surface area contributed by atoms with E-state index in [9.17, 15) is 4.79 Å². The van der Waals surface area contributed by atoms with Crippen molar-refractivity contribution in [1.82, 2.24) is 0 Å². The van der Waals surface area contributed by atoms with E-state index < -0.39 is 0 Å². The zero-order valence-electron chi connectivity index (χ0n) is 14.6. The van der Waals surface area contributed by atoms with Gasteiger partial charge in [0.1, 0.15) is 0 Å². The second-order valence-corrected chi connectivity index (χ2v) is 6.59. The van der Waals surface area contributed by atoms with Crippen LogP contribution in [0.3, 0.4) is 0 Å². The summed E-state index contributed by atoms with van der Waals surface area (Å²) >= 11 is 0. The van der Waals surface area contributed by atoms with Crippen LogP contribution >= 0.6 is 0 Å². The number of hydrogen-bond donors (Lipinski definition) is 0. The van der Waals surface area contributed by atoms with Crippen molar-refractivity contribution in [2.45, 2.75) is 12.8 Å². The van der Waals surface area contributed by atoms with Crippen LogP contribution < -0.4 is 0 Å². The molecule has 0 aliphatic carbocycles. The molecule has 0 atom stereocenters. The SMILES string of the molecule is O=Cc1c(Cc2ccccc2)c(Cc2ccccc2)cc2ccccc12. The van der Waals surface area contributed by atoms with Crippen molar-refractivity contribution in [1.29, 1.82) is 0 Å². The largest absolute Gasteiger partial charge is 0.298 e. The third-order valence-corrected chi connectivity index (χ3v) is 4.87. The van der Waals surface area contributed by atoms with Gasteiger partial charge in [-0.2, -0.15) is 0 Å². The molecule has 0 saturated carbocycles. The Hall–Kier alpha value is -3.19. The molecule has 0 heterocycles. The van der Waals surface area contributed by atoms with Crippen LogP contribution in [0.15, 0.2) is 91.0 Å². The normalized spacial score (nSPS) is 10.8. The maximum absolute atomic E-state index is 12.0. The van der Waals surface area contributed by atoms with E-state index in [4.69, 9.17) is 0 Å². The highest BCUT2D eigenvalue weighted by Crippen LogP contribution is 2.28. The molecule has 0 bridgehead atoms. The van der Waals surface area contributed by atoms with Gasteiger partial charge < -0.3 is 0 Å². The van der Waals surface area contributed by atoms with Gasteiger partial charge >= 0.3 is 0 Å². The molecule has 0 aliphatic heterocycles. The number of carbonyl (C=O) groups is 1. The van der Waals surface area contributed by atoms with Crippen molar-refractivity contribution >= 4 is 17.1 Å². The van der Waals surface area contributed by atoms with Gasteiger partial charge in [0.05, 0.1) is 0 Å². The van der Waals surface area contributed by atoms with Crippen molar-refractivity contribution in [3.63, 3.8) is 0 Å². The van der Waals surface area contributed by atoms with E-state index in [2.05, 4.69) is 48.5 Å². The topological polar surface area (TPSA) is 17.1 Å². The molecule has 0 unspecified atom stereocenters. The van der Waals surface area contributed by atoms with Crippen LogP contribution in [0.5, 0.6) is 0 Å². The second-order valence-electron chi connectivity index (χ2n) is 6.59. The highest BCUT2D eigenvalue weighted by molar-refractivity contribution is 6.00. The Morgan fingerprint density at radius 2 is 1.23 bits per heavy atom. The van der Waals surface area contributed by atoms with Crippen molar-refractivity contribution < 1.29 is 4.79 Å². The zero-order chi connectivity index (χ0) is 17.8. The Balaban J connectivity index is 1.89. The zero-order valence-corrected chi connectivity index (χ0v) is 14.6. The summed E-state index contributed by atoms with van der Waals surface area (Å²) in [5.74, 6) is 0. The lowest BCUT2D eigenvalue weighted by atomic mass is 9.88. The van der Waals surface area contributed by atoms with Crippen LogP contribution in [0.4, 0.5) is 0 Å². The second kappa shape index (κ2) is 7.37. The summed E-state index contributed by atoms with van der Waals surface area (Å²) in [5.41, 5.74) is 5.65. The first-order valence-electron chi connectivity index (χ1n) is 8.91. The number of rotatable bonds is 5. The number of aldehydes is 1. The quantitative estimate of drug-likeness (QED) is 0.419. The molecular weight excluding hydrogens is 316 g/mol. The van der Waals surface area contributed by atoms with Crippen molar-refractivity contribution in [2.24, 2.45) is 0 Å². The van der Waals surface area contributed by atoms with Crippen LogP contribution in [0.1, 0.15) is 32.6 Å². The lowest BCUT2D eigenvalue weighted by Gasteiger charge is -2.16. The molecule has 0 fully saturated rings. The predicted octanol–water partition coefficient (Wildman–Crippen LogP) is 5.83. The standard InChI is InChI=1S/C25H20O/c26-18-25-23-14-8-7-13-21(23)17-22(15-19-9-3-1-4-10-19)24(25)16-20-11-5-2-6-12-20/h1-14,17-18H,15-16H2. The lowest BCUT2D eigenvalue weighted by molar-refractivity contribution is 0.112. The molecule has 0 saturated heterocycles. The van der Waals surface area contributed by atoms with Gasteiger partial charge in [0.25, 0.3) is 0 Å². The predicted molar refractivity (Wildman–Crippen MR) is 108 cm³/mol. The third kappa shape index (κ3) is 3.29. The third-order valence-electron chi connectivity index (χ3n) is 4.87. The highest BCUT2D eigenvalue weighted by atomic mass is 16.1. The van der Waals surface area contributed by atoms with E-state index in [1.165, 1.54) is 16.7 Å². The van der Waals surface area contributed by atoms with E-state index in [1.807, 2.05) is 42.5 Å². The first kappa shape index (κ1) is 16.3. The van der Waals surface area contributed by atoms with Crippen LogP contribution in [-0.4, -0.2) is 6.29 Å². The Morgan fingerprint density at radius 1 is 0.654 bits per heavy atom. The molecule has 4 aromatic carbocycles.